The van der Waals surface area contributed by atoms with Crippen LogP contribution in [0.2, 0.25) is 0 Å². The number of ether oxygens (including phenoxy) is 1. The lowest BCUT2D eigenvalue weighted by molar-refractivity contribution is -0.116. The van der Waals surface area contributed by atoms with Gasteiger partial charge in [-0.2, -0.15) is 0 Å². The van der Waals surface area contributed by atoms with E-state index in [4.69, 9.17) is 9.72 Å². The number of morpholine rings is 1. The second-order valence-corrected chi connectivity index (χ2v) is 8.32. The molecule has 0 saturated carbocycles. The van der Waals surface area contributed by atoms with E-state index in [9.17, 15) is 4.79 Å². The maximum Gasteiger partial charge on any atom is 0.224 e. The van der Waals surface area contributed by atoms with Crippen LogP contribution >= 0.6 is 0 Å². The van der Waals surface area contributed by atoms with E-state index in [1.165, 1.54) is 5.69 Å². The first-order chi connectivity index (χ1) is 16.2. The summed E-state index contributed by atoms with van der Waals surface area (Å²) in [6.07, 6.45) is 6.93. The van der Waals surface area contributed by atoms with Gasteiger partial charge in [0.2, 0.25) is 5.91 Å². The number of carbonyl (C=O) groups excluding carboxylic acids is 1. The third kappa shape index (κ3) is 3.89. The molecular weight excluding hydrogens is 416 g/mol. The largest absolute Gasteiger partial charge is 0.378 e. The summed E-state index contributed by atoms with van der Waals surface area (Å²) >= 11 is 0. The van der Waals surface area contributed by atoms with Crippen LogP contribution in [0.1, 0.15) is 12.0 Å². The predicted molar refractivity (Wildman–Crippen MR) is 128 cm³/mol. The SMILES string of the molecule is O=C1CCc2ccc(-c3cn4ccnc4c(Nc4ccc(N5CCOCC5)cc4)n3)cc2N1. The molecule has 8 nitrogen and oxygen atoms in total. The van der Waals surface area contributed by atoms with E-state index in [1.807, 2.05) is 22.9 Å². The Kier molecular flexibility index (Phi) is 4.92. The predicted octanol–water partition coefficient (Wildman–Crippen LogP) is 3.86. The van der Waals surface area contributed by atoms with E-state index in [2.05, 4.69) is 56.9 Å². The molecule has 1 fully saturated rings. The van der Waals surface area contributed by atoms with E-state index in [-0.39, 0.29) is 5.91 Å². The number of rotatable bonds is 4. The van der Waals surface area contributed by atoms with Gasteiger partial charge in [0.1, 0.15) is 0 Å². The summed E-state index contributed by atoms with van der Waals surface area (Å²) in [4.78, 5) is 23.5. The fourth-order valence-corrected chi connectivity index (χ4v) is 4.40. The Hall–Kier alpha value is -3.91. The Morgan fingerprint density at radius 3 is 2.73 bits per heavy atom. The van der Waals surface area contributed by atoms with Gasteiger partial charge in [-0.05, 0) is 42.3 Å². The molecule has 8 heteroatoms. The zero-order valence-corrected chi connectivity index (χ0v) is 18.1. The number of hydrogen-bond donors (Lipinski definition) is 2. The summed E-state index contributed by atoms with van der Waals surface area (Å²) in [5, 5.41) is 6.41. The Bertz CT molecular complexity index is 1320. The zero-order chi connectivity index (χ0) is 22.2. The highest BCUT2D eigenvalue weighted by Gasteiger charge is 2.17. The molecule has 0 atom stereocenters. The Morgan fingerprint density at radius 1 is 1.03 bits per heavy atom. The minimum Gasteiger partial charge on any atom is -0.378 e. The number of benzene rings is 2. The average molecular weight is 441 g/mol. The number of aromatic nitrogens is 3. The molecule has 4 heterocycles. The van der Waals surface area contributed by atoms with Crippen LogP contribution in [-0.2, 0) is 16.0 Å². The fraction of sp³-hybridized carbons (Fsp3) is 0.240. The highest BCUT2D eigenvalue weighted by atomic mass is 16.5. The highest BCUT2D eigenvalue weighted by Crippen LogP contribution is 2.30. The van der Waals surface area contributed by atoms with Crippen LogP contribution in [0.5, 0.6) is 0 Å². The molecule has 0 bridgehead atoms. The number of nitrogens with zero attached hydrogens (tertiary/aromatic N) is 4. The summed E-state index contributed by atoms with van der Waals surface area (Å²) in [6.45, 7) is 3.35. The van der Waals surface area contributed by atoms with Gasteiger partial charge in [0.05, 0.1) is 18.9 Å². The van der Waals surface area contributed by atoms with Crippen molar-refractivity contribution in [2.45, 2.75) is 12.8 Å². The molecule has 2 aliphatic rings. The van der Waals surface area contributed by atoms with Crippen molar-refractivity contribution in [1.29, 1.82) is 0 Å². The second kappa shape index (κ2) is 8.22. The van der Waals surface area contributed by atoms with Crippen LogP contribution in [0.15, 0.2) is 61.1 Å². The maximum atomic E-state index is 11.8. The highest BCUT2D eigenvalue weighted by molar-refractivity contribution is 5.94. The van der Waals surface area contributed by atoms with Crippen LogP contribution < -0.4 is 15.5 Å². The first-order valence-corrected chi connectivity index (χ1v) is 11.2. The molecular formula is C25H24N6O2. The van der Waals surface area contributed by atoms with Gasteiger partial charge in [-0.25, -0.2) is 9.97 Å². The van der Waals surface area contributed by atoms with Crippen molar-refractivity contribution >= 4 is 34.4 Å². The number of nitrogens with one attached hydrogen (secondary N) is 2. The maximum absolute atomic E-state index is 11.8. The molecule has 2 aliphatic heterocycles. The van der Waals surface area contributed by atoms with Crippen LogP contribution in [0.25, 0.3) is 16.9 Å². The van der Waals surface area contributed by atoms with Gasteiger partial charge in [-0.15, -0.1) is 0 Å². The van der Waals surface area contributed by atoms with E-state index in [0.717, 1.165) is 66.6 Å². The Balaban J connectivity index is 1.31. The van der Waals surface area contributed by atoms with E-state index in [0.29, 0.717) is 12.2 Å². The van der Waals surface area contributed by atoms with E-state index in [1.54, 1.807) is 6.20 Å². The van der Waals surface area contributed by atoms with Crippen molar-refractivity contribution in [3.8, 4) is 11.3 Å². The molecule has 4 aromatic rings. The lowest BCUT2D eigenvalue weighted by Crippen LogP contribution is -2.36. The number of hydrogen-bond acceptors (Lipinski definition) is 6. The number of fused-ring (bicyclic) bond motifs is 2. The lowest BCUT2D eigenvalue weighted by Gasteiger charge is -2.28. The first-order valence-electron chi connectivity index (χ1n) is 11.2. The molecule has 33 heavy (non-hydrogen) atoms. The summed E-state index contributed by atoms with van der Waals surface area (Å²) in [7, 11) is 0. The third-order valence-corrected chi connectivity index (χ3v) is 6.18. The van der Waals surface area contributed by atoms with Crippen LogP contribution in [-0.4, -0.2) is 46.6 Å². The van der Waals surface area contributed by atoms with Crippen molar-refractivity contribution in [3.63, 3.8) is 0 Å². The summed E-state index contributed by atoms with van der Waals surface area (Å²) < 4.78 is 7.41. The molecule has 0 spiro atoms. The molecule has 0 radical (unpaired) electrons. The molecule has 1 saturated heterocycles. The summed E-state index contributed by atoms with van der Waals surface area (Å²) in [5.74, 6) is 0.735. The van der Waals surface area contributed by atoms with Crippen LogP contribution in [0.4, 0.5) is 22.9 Å². The van der Waals surface area contributed by atoms with Crippen molar-refractivity contribution in [2.24, 2.45) is 0 Å². The van der Waals surface area contributed by atoms with Gasteiger partial charge in [0.15, 0.2) is 11.5 Å². The summed E-state index contributed by atoms with van der Waals surface area (Å²) in [5.41, 5.74) is 6.65. The average Bonchev–Trinajstić information content (AvgIpc) is 3.34. The van der Waals surface area contributed by atoms with Gasteiger partial charge in [0.25, 0.3) is 0 Å². The van der Waals surface area contributed by atoms with Crippen molar-refractivity contribution in [1.82, 2.24) is 14.4 Å². The van der Waals surface area contributed by atoms with Gasteiger partial charge in [-0.1, -0.05) is 12.1 Å². The normalized spacial score (nSPS) is 15.9. The van der Waals surface area contributed by atoms with Crippen LogP contribution in [0.3, 0.4) is 0 Å². The monoisotopic (exact) mass is 440 g/mol. The van der Waals surface area contributed by atoms with Crippen molar-refractivity contribution < 1.29 is 9.53 Å². The van der Waals surface area contributed by atoms with Crippen molar-refractivity contribution in [3.05, 3.63) is 66.6 Å². The number of carbonyl (C=O) groups is 1. The Morgan fingerprint density at radius 2 is 1.88 bits per heavy atom. The number of aryl methyl sites for hydroxylation is 1. The molecule has 166 valence electrons. The zero-order valence-electron chi connectivity index (χ0n) is 18.1. The quantitative estimate of drug-likeness (QED) is 0.501. The molecule has 1 amide bonds. The topological polar surface area (TPSA) is 83.8 Å². The number of anilines is 4. The lowest BCUT2D eigenvalue weighted by atomic mass is 10.00. The summed E-state index contributed by atoms with van der Waals surface area (Å²) in [6, 6.07) is 14.5. The molecule has 2 N–H and O–H groups in total. The minimum absolute atomic E-state index is 0.0561. The van der Waals surface area contributed by atoms with Gasteiger partial charge < -0.3 is 24.7 Å². The van der Waals surface area contributed by atoms with Gasteiger partial charge >= 0.3 is 0 Å². The number of imidazole rings is 1. The molecule has 2 aromatic heterocycles. The molecule has 2 aromatic carbocycles. The molecule has 6 rings (SSSR count). The van der Waals surface area contributed by atoms with Crippen LogP contribution in [0, 0.1) is 0 Å². The van der Waals surface area contributed by atoms with E-state index < -0.39 is 0 Å². The van der Waals surface area contributed by atoms with Crippen molar-refractivity contribution in [2.75, 3.05) is 41.8 Å². The van der Waals surface area contributed by atoms with E-state index >= 15 is 0 Å². The minimum atomic E-state index is 0.0561. The molecule has 0 unspecified atom stereocenters. The standard InChI is InChI=1S/C25H24N6O2/c32-23-8-3-17-1-2-18(15-21(17)28-23)22-16-31-10-9-26-25(31)24(29-22)27-19-4-6-20(7-5-19)30-11-13-33-14-12-30/h1-2,4-7,9-10,15-16H,3,8,11-14H2,(H,27,29)(H,28,32). The first kappa shape index (κ1) is 19.8. The van der Waals surface area contributed by atoms with Gasteiger partial charge in [-0.3, -0.25) is 4.79 Å². The third-order valence-electron chi connectivity index (χ3n) is 6.18. The second-order valence-electron chi connectivity index (χ2n) is 8.32. The molecule has 0 aliphatic carbocycles. The fourth-order valence-electron chi connectivity index (χ4n) is 4.40. The Labute approximate surface area is 191 Å². The number of amides is 1. The smallest absolute Gasteiger partial charge is 0.224 e. The van der Waals surface area contributed by atoms with Gasteiger partial charge in [0, 0.05) is 60.7 Å².